The molecule has 1 fully saturated rings. The van der Waals surface area contributed by atoms with Crippen molar-refractivity contribution in [1.29, 1.82) is 0 Å². The van der Waals surface area contributed by atoms with Gasteiger partial charge in [-0.15, -0.1) is 0 Å². The molecule has 0 aromatic heterocycles. The molecule has 0 nitrogen and oxygen atoms in total. The number of rotatable bonds is 1. The summed E-state index contributed by atoms with van der Waals surface area (Å²) >= 11 is 0. The maximum atomic E-state index is 13.3. The first-order chi connectivity index (χ1) is 5.01. The van der Waals surface area contributed by atoms with Crippen LogP contribution in [0.5, 0.6) is 0 Å². The second-order valence-corrected chi connectivity index (χ2v) is 4.03. The predicted octanol–water partition coefficient (Wildman–Crippen LogP) is 3.48. The Bertz CT molecular complexity index is 148. The molecule has 1 aliphatic carbocycles. The van der Waals surface area contributed by atoms with Gasteiger partial charge in [0.1, 0.15) is 5.67 Å². The topological polar surface area (TPSA) is 0 Å². The average Bonchev–Trinajstić information content (AvgIpc) is 1.86. The molecule has 1 saturated carbocycles. The van der Waals surface area contributed by atoms with Crippen molar-refractivity contribution < 1.29 is 4.39 Å². The largest absolute Gasteiger partial charge is 0.244 e. The van der Waals surface area contributed by atoms with Crippen LogP contribution in [0.3, 0.4) is 0 Å². The molecule has 0 heterocycles. The molecule has 64 valence electrons. The number of alkyl halides is 1. The van der Waals surface area contributed by atoms with Crippen molar-refractivity contribution in [3.63, 3.8) is 0 Å². The zero-order chi connectivity index (χ0) is 8.48. The molecule has 0 aromatic carbocycles. The first-order valence-corrected chi connectivity index (χ1v) is 4.35. The Morgan fingerprint density at radius 1 is 1.45 bits per heavy atom. The number of hydrogen-bond donors (Lipinski definition) is 0. The molecule has 0 radical (unpaired) electrons. The summed E-state index contributed by atoms with van der Waals surface area (Å²) in [5.41, 5.74) is 0.326. The quantitative estimate of drug-likeness (QED) is 0.510. The van der Waals surface area contributed by atoms with Crippen molar-refractivity contribution in [3.05, 3.63) is 12.2 Å². The van der Waals surface area contributed by atoms with Crippen molar-refractivity contribution in [1.82, 2.24) is 0 Å². The third-order valence-electron chi connectivity index (χ3n) is 2.73. The van der Waals surface area contributed by atoms with Gasteiger partial charge in [-0.3, -0.25) is 0 Å². The van der Waals surface area contributed by atoms with Crippen LogP contribution in [0, 0.1) is 5.92 Å². The van der Waals surface area contributed by atoms with E-state index in [0.717, 1.165) is 12.8 Å². The standard InChI is InChI=1S/C10H17F/c1-8(2)9-4-6-10(3,11)7-5-9/h9H,1,4-7H2,2-3H3. The van der Waals surface area contributed by atoms with Crippen LogP contribution in [0.25, 0.3) is 0 Å². The van der Waals surface area contributed by atoms with E-state index in [1.165, 1.54) is 5.57 Å². The summed E-state index contributed by atoms with van der Waals surface area (Å²) in [6, 6.07) is 0. The Morgan fingerprint density at radius 3 is 2.27 bits per heavy atom. The van der Waals surface area contributed by atoms with Gasteiger partial charge in [0.2, 0.25) is 0 Å². The van der Waals surface area contributed by atoms with Gasteiger partial charge in [-0.25, -0.2) is 4.39 Å². The van der Waals surface area contributed by atoms with Crippen molar-refractivity contribution >= 4 is 0 Å². The lowest BCUT2D eigenvalue weighted by molar-refractivity contribution is 0.112. The van der Waals surface area contributed by atoms with Gasteiger partial charge in [-0.05, 0) is 45.4 Å². The fourth-order valence-corrected chi connectivity index (χ4v) is 1.71. The SMILES string of the molecule is C=C(C)C1CCC(C)(F)CC1. The van der Waals surface area contributed by atoms with Crippen molar-refractivity contribution in [2.45, 2.75) is 45.2 Å². The zero-order valence-corrected chi connectivity index (χ0v) is 7.49. The molecule has 11 heavy (non-hydrogen) atoms. The Morgan fingerprint density at radius 2 is 1.91 bits per heavy atom. The first-order valence-electron chi connectivity index (χ1n) is 4.35. The van der Waals surface area contributed by atoms with E-state index in [1.807, 2.05) is 6.92 Å². The Labute approximate surface area is 68.5 Å². The van der Waals surface area contributed by atoms with Crippen LogP contribution >= 0.6 is 0 Å². The molecule has 0 aromatic rings. The fraction of sp³-hybridized carbons (Fsp3) is 0.800. The highest BCUT2D eigenvalue weighted by Gasteiger charge is 2.30. The minimum absolute atomic E-state index is 0.582. The molecule has 0 spiro atoms. The molecule has 0 bridgehead atoms. The molecule has 1 heteroatoms. The van der Waals surface area contributed by atoms with Gasteiger partial charge < -0.3 is 0 Å². The van der Waals surface area contributed by atoms with Gasteiger partial charge in [-0.2, -0.15) is 0 Å². The fourth-order valence-electron chi connectivity index (χ4n) is 1.71. The molecule has 0 atom stereocenters. The average molecular weight is 156 g/mol. The van der Waals surface area contributed by atoms with Crippen LogP contribution in [0.4, 0.5) is 4.39 Å². The van der Waals surface area contributed by atoms with E-state index in [-0.39, 0.29) is 0 Å². The Hall–Kier alpha value is -0.330. The zero-order valence-electron chi connectivity index (χ0n) is 7.49. The monoisotopic (exact) mass is 156 g/mol. The molecule has 0 aliphatic heterocycles. The lowest BCUT2D eigenvalue weighted by Gasteiger charge is -2.31. The number of allylic oxidation sites excluding steroid dienone is 1. The Kier molecular flexibility index (Phi) is 2.36. The van der Waals surface area contributed by atoms with E-state index in [2.05, 4.69) is 6.58 Å². The molecule has 0 amide bonds. The summed E-state index contributed by atoms with van der Waals surface area (Å²) in [5.74, 6) is 0.582. The third kappa shape index (κ3) is 2.32. The van der Waals surface area contributed by atoms with E-state index < -0.39 is 5.67 Å². The predicted molar refractivity (Wildman–Crippen MR) is 46.3 cm³/mol. The second-order valence-electron chi connectivity index (χ2n) is 4.03. The highest BCUT2D eigenvalue weighted by molar-refractivity contribution is 4.99. The molecule has 0 N–H and O–H groups in total. The van der Waals surface area contributed by atoms with E-state index in [9.17, 15) is 4.39 Å². The molecule has 1 rings (SSSR count). The summed E-state index contributed by atoms with van der Waals surface area (Å²) in [6.07, 6.45) is 3.40. The van der Waals surface area contributed by atoms with Crippen LogP contribution in [0.2, 0.25) is 0 Å². The van der Waals surface area contributed by atoms with Gasteiger partial charge in [-0.1, -0.05) is 12.2 Å². The lowest BCUT2D eigenvalue weighted by Crippen LogP contribution is -2.26. The van der Waals surface area contributed by atoms with Crippen LogP contribution in [0.1, 0.15) is 39.5 Å². The number of hydrogen-bond acceptors (Lipinski definition) is 0. The van der Waals surface area contributed by atoms with Crippen molar-refractivity contribution in [3.8, 4) is 0 Å². The first kappa shape index (κ1) is 8.76. The lowest BCUT2D eigenvalue weighted by atomic mass is 9.78. The Balaban J connectivity index is 2.42. The second kappa shape index (κ2) is 2.96. The van der Waals surface area contributed by atoms with Crippen LogP contribution < -0.4 is 0 Å². The molecule has 0 unspecified atom stereocenters. The summed E-state index contributed by atoms with van der Waals surface area (Å²) in [5, 5.41) is 0. The summed E-state index contributed by atoms with van der Waals surface area (Å²) < 4.78 is 13.3. The highest BCUT2D eigenvalue weighted by atomic mass is 19.1. The van der Waals surface area contributed by atoms with Gasteiger partial charge in [0, 0.05) is 0 Å². The highest BCUT2D eigenvalue weighted by Crippen LogP contribution is 2.36. The smallest absolute Gasteiger partial charge is 0.108 e. The minimum atomic E-state index is -0.897. The van der Waals surface area contributed by atoms with Gasteiger partial charge in [0.05, 0.1) is 0 Å². The summed E-state index contributed by atoms with van der Waals surface area (Å²) in [4.78, 5) is 0. The minimum Gasteiger partial charge on any atom is -0.244 e. The summed E-state index contributed by atoms with van der Waals surface area (Å²) in [6.45, 7) is 7.66. The molecular formula is C10H17F. The maximum Gasteiger partial charge on any atom is 0.108 e. The molecular weight excluding hydrogens is 139 g/mol. The van der Waals surface area contributed by atoms with Gasteiger partial charge >= 0.3 is 0 Å². The maximum absolute atomic E-state index is 13.3. The number of halogens is 1. The van der Waals surface area contributed by atoms with E-state index in [1.54, 1.807) is 6.92 Å². The molecule has 0 saturated heterocycles. The van der Waals surface area contributed by atoms with E-state index in [4.69, 9.17) is 0 Å². The van der Waals surface area contributed by atoms with Gasteiger partial charge in [0.25, 0.3) is 0 Å². The van der Waals surface area contributed by atoms with Crippen molar-refractivity contribution in [2.24, 2.45) is 5.92 Å². The van der Waals surface area contributed by atoms with Gasteiger partial charge in [0.15, 0.2) is 0 Å². The van der Waals surface area contributed by atoms with E-state index >= 15 is 0 Å². The normalized spacial score (nSPS) is 38.6. The summed E-state index contributed by atoms with van der Waals surface area (Å²) in [7, 11) is 0. The molecule has 1 aliphatic rings. The van der Waals surface area contributed by atoms with Crippen LogP contribution in [-0.2, 0) is 0 Å². The van der Waals surface area contributed by atoms with E-state index in [0.29, 0.717) is 18.8 Å². The van der Waals surface area contributed by atoms with Crippen LogP contribution in [-0.4, -0.2) is 5.67 Å². The third-order valence-corrected chi connectivity index (χ3v) is 2.73. The van der Waals surface area contributed by atoms with Crippen molar-refractivity contribution in [2.75, 3.05) is 0 Å². The van der Waals surface area contributed by atoms with Crippen LogP contribution in [0.15, 0.2) is 12.2 Å².